The van der Waals surface area contributed by atoms with Crippen LogP contribution < -0.4 is 0 Å². The fourth-order valence-corrected chi connectivity index (χ4v) is 12.4. The Hall–Kier alpha value is -0.910. The molecule has 6 aliphatic rings. The van der Waals surface area contributed by atoms with Crippen molar-refractivity contribution in [2.75, 3.05) is 39.5 Å². The first-order chi connectivity index (χ1) is 20.3. The molecule has 10 atom stereocenters. The Kier molecular flexibility index (Phi) is 8.50. The van der Waals surface area contributed by atoms with E-state index < -0.39 is 0 Å². The van der Waals surface area contributed by atoms with Crippen molar-refractivity contribution < 1.29 is 19.4 Å². The van der Waals surface area contributed by atoms with Gasteiger partial charge in [0.1, 0.15) is 0 Å². The van der Waals surface area contributed by atoms with Gasteiger partial charge >= 0.3 is 5.97 Å². The molecule has 0 unspecified atom stereocenters. The average Bonchev–Trinajstić information content (AvgIpc) is 2.97. The second kappa shape index (κ2) is 11.4. The van der Waals surface area contributed by atoms with Crippen LogP contribution in [0.2, 0.25) is 0 Å². The maximum absolute atomic E-state index is 14.3. The third kappa shape index (κ3) is 4.82. The van der Waals surface area contributed by atoms with Crippen LogP contribution >= 0.6 is 0 Å². The lowest BCUT2D eigenvalue weighted by Crippen LogP contribution is -2.65. The molecule has 1 aliphatic heterocycles. The smallest absolute Gasteiger partial charge is 0.312 e. The average molecular weight is 598 g/mol. The number of hydrogen-bond donors (Lipinski definition) is 1. The minimum absolute atomic E-state index is 0.0276. The number of nitrogens with zero attached hydrogens (tertiary/aromatic N) is 1. The van der Waals surface area contributed by atoms with Gasteiger partial charge in [-0.3, -0.25) is 9.69 Å². The maximum Gasteiger partial charge on any atom is 0.312 e. The lowest BCUT2D eigenvalue weighted by molar-refractivity contribution is -0.207. The molecule has 5 nitrogen and oxygen atoms in total. The van der Waals surface area contributed by atoms with Crippen LogP contribution in [0, 0.1) is 56.7 Å². The number of carbonyl (C=O) groups excluding carboxylic acids is 1. The predicted octanol–water partition coefficient (Wildman–Crippen LogP) is 7.66. The molecule has 0 radical (unpaired) electrons. The molecule has 0 bridgehead atoms. The topological polar surface area (TPSA) is 59.0 Å². The first-order valence-corrected chi connectivity index (χ1v) is 18.2. The monoisotopic (exact) mass is 597 g/mol. The summed E-state index contributed by atoms with van der Waals surface area (Å²) in [4.78, 5) is 16.7. The molecule has 5 fully saturated rings. The molecule has 0 amide bonds. The zero-order valence-electron chi connectivity index (χ0n) is 28.7. The van der Waals surface area contributed by atoms with Gasteiger partial charge in [-0.1, -0.05) is 60.1 Å². The Balaban J connectivity index is 1.24. The van der Waals surface area contributed by atoms with E-state index in [0.29, 0.717) is 36.2 Å². The molecule has 0 aromatic heterocycles. The summed E-state index contributed by atoms with van der Waals surface area (Å²) in [6.07, 6.45) is 14.3. The normalized spacial score (nSPS) is 47.8. The molecule has 1 heterocycles. The standard InChI is InChI=1S/C38H63NO4/c1-26-12-17-38(33(41)43-23-9-8-20-39-21-24-42-25-22-39)19-18-36(6)28(32(38)27(26)2)10-11-30-35(5)15-14-31(40)34(3,4)29(35)13-16-37(30,36)7/h10,26-27,29-32,40H,8-9,11-25H2,1-7H3/t26-,27+,29+,30-,31+,32+,35+,36-,37-,38+/m1/s1. The highest BCUT2D eigenvalue weighted by molar-refractivity contribution is 5.79. The number of ether oxygens (including phenoxy) is 2. The zero-order valence-corrected chi connectivity index (χ0v) is 28.7. The van der Waals surface area contributed by atoms with Gasteiger partial charge in [0.25, 0.3) is 0 Å². The predicted molar refractivity (Wildman–Crippen MR) is 172 cm³/mol. The van der Waals surface area contributed by atoms with Gasteiger partial charge in [0.15, 0.2) is 0 Å². The Labute approximate surface area is 262 Å². The molecule has 0 spiro atoms. The van der Waals surface area contributed by atoms with Crippen LogP contribution in [0.3, 0.4) is 0 Å². The molecular weight excluding hydrogens is 534 g/mol. The quantitative estimate of drug-likeness (QED) is 0.194. The van der Waals surface area contributed by atoms with Crippen molar-refractivity contribution in [2.45, 2.75) is 125 Å². The molecule has 43 heavy (non-hydrogen) atoms. The first kappa shape index (κ1) is 32.0. The number of rotatable bonds is 6. The second-order valence-corrected chi connectivity index (χ2v) is 17.5. The van der Waals surface area contributed by atoms with Gasteiger partial charge in [-0.05, 0) is 128 Å². The summed E-state index contributed by atoms with van der Waals surface area (Å²) in [6, 6.07) is 0. The summed E-state index contributed by atoms with van der Waals surface area (Å²) < 4.78 is 11.7. The number of unbranched alkanes of at least 4 members (excludes halogenated alkanes) is 1. The molecule has 0 aromatic rings. The van der Waals surface area contributed by atoms with Crippen LogP contribution in [0.15, 0.2) is 11.6 Å². The van der Waals surface area contributed by atoms with E-state index in [1.807, 2.05) is 0 Å². The number of hydrogen-bond acceptors (Lipinski definition) is 5. The number of allylic oxidation sites excluding steroid dienone is 2. The Bertz CT molecular complexity index is 1080. The second-order valence-electron chi connectivity index (χ2n) is 17.5. The molecule has 5 heteroatoms. The molecule has 1 saturated heterocycles. The third-order valence-corrected chi connectivity index (χ3v) is 15.6. The van der Waals surface area contributed by atoms with E-state index in [-0.39, 0.29) is 39.1 Å². The maximum atomic E-state index is 14.3. The van der Waals surface area contributed by atoms with Crippen molar-refractivity contribution in [3.63, 3.8) is 0 Å². The van der Waals surface area contributed by atoms with Crippen LogP contribution in [0.4, 0.5) is 0 Å². The van der Waals surface area contributed by atoms with Crippen molar-refractivity contribution in [1.82, 2.24) is 4.90 Å². The van der Waals surface area contributed by atoms with Crippen molar-refractivity contribution >= 4 is 5.97 Å². The summed E-state index contributed by atoms with van der Waals surface area (Å²) in [7, 11) is 0. The van der Waals surface area contributed by atoms with Crippen LogP contribution in [0.25, 0.3) is 0 Å². The van der Waals surface area contributed by atoms with Crippen LogP contribution in [0.5, 0.6) is 0 Å². The van der Waals surface area contributed by atoms with Gasteiger partial charge < -0.3 is 14.6 Å². The molecular formula is C38H63NO4. The van der Waals surface area contributed by atoms with Crippen molar-refractivity contribution in [3.05, 3.63) is 11.6 Å². The highest BCUT2D eigenvalue weighted by Gasteiger charge is 2.69. The van der Waals surface area contributed by atoms with E-state index in [9.17, 15) is 9.90 Å². The van der Waals surface area contributed by atoms with E-state index in [0.717, 1.165) is 90.6 Å². The van der Waals surface area contributed by atoms with Gasteiger partial charge in [-0.15, -0.1) is 0 Å². The number of morpholine rings is 1. The van der Waals surface area contributed by atoms with Gasteiger partial charge in [0.05, 0.1) is 31.3 Å². The number of carbonyl (C=O) groups is 1. The van der Waals surface area contributed by atoms with E-state index in [4.69, 9.17) is 9.47 Å². The van der Waals surface area contributed by atoms with Crippen molar-refractivity contribution in [3.8, 4) is 0 Å². The summed E-state index contributed by atoms with van der Waals surface area (Å²) in [5.74, 6) is 2.71. The highest BCUT2D eigenvalue weighted by atomic mass is 16.5. The van der Waals surface area contributed by atoms with Gasteiger partial charge in [-0.2, -0.15) is 0 Å². The molecule has 5 aliphatic carbocycles. The van der Waals surface area contributed by atoms with Gasteiger partial charge in [0.2, 0.25) is 0 Å². The third-order valence-electron chi connectivity index (χ3n) is 15.6. The summed E-state index contributed by atoms with van der Waals surface area (Å²) in [5, 5.41) is 11.0. The SMILES string of the molecule is C[C@H]1[C@H](C)CC[C@]2(C(=O)OCCCCN3CCOCC3)CC[C@]3(C)C(=CC[C@@H]4[C@@]5(C)CC[C@H](O)C(C)(C)[C@@H]5CC[C@]43C)[C@H]12. The van der Waals surface area contributed by atoms with E-state index in [2.05, 4.69) is 59.4 Å². The Morgan fingerprint density at radius 1 is 0.953 bits per heavy atom. The molecule has 0 aromatic carbocycles. The largest absolute Gasteiger partial charge is 0.465 e. The lowest BCUT2D eigenvalue weighted by Gasteiger charge is -2.71. The minimum atomic E-state index is -0.358. The summed E-state index contributed by atoms with van der Waals surface area (Å²) in [6.45, 7) is 22.7. The van der Waals surface area contributed by atoms with E-state index in [1.54, 1.807) is 5.57 Å². The first-order valence-electron chi connectivity index (χ1n) is 18.2. The Morgan fingerprint density at radius 2 is 1.70 bits per heavy atom. The summed E-state index contributed by atoms with van der Waals surface area (Å²) >= 11 is 0. The van der Waals surface area contributed by atoms with Crippen LogP contribution in [0.1, 0.15) is 119 Å². The van der Waals surface area contributed by atoms with Gasteiger partial charge in [-0.25, -0.2) is 0 Å². The summed E-state index contributed by atoms with van der Waals surface area (Å²) in [5.41, 5.74) is 1.82. The number of aliphatic hydroxyl groups excluding tert-OH is 1. The fourth-order valence-electron chi connectivity index (χ4n) is 12.4. The number of esters is 1. The highest BCUT2D eigenvalue weighted by Crippen LogP contribution is 2.75. The van der Waals surface area contributed by atoms with Crippen molar-refractivity contribution in [2.24, 2.45) is 56.7 Å². The lowest BCUT2D eigenvalue weighted by atomic mass is 9.33. The van der Waals surface area contributed by atoms with E-state index in [1.165, 1.54) is 12.8 Å². The van der Waals surface area contributed by atoms with E-state index >= 15 is 0 Å². The zero-order chi connectivity index (χ0) is 30.8. The number of fused-ring (bicyclic) bond motifs is 7. The van der Waals surface area contributed by atoms with Crippen molar-refractivity contribution in [1.29, 1.82) is 0 Å². The van der Waals surface area contributed by atoms with Gasteiger partial charge in [0, 0.05) is 13.1 Å². The van der Waals surface area contributed by atoms with Crippen LogP contribution in [-0.4, -0.2) is 61.5 Å². The number of aliphatic hydroxyl groups is 1. The molecule has 6 rings (SSSR count). The molecule has 4 saturated carbocycles. The molecule has 244 valence electrons. The molecule has 1 N–H and O–H groups in total. The van der Waals surface area contributed by atoms with Crippen LogP contribution in [-0.2, 0) is 14.3 Å². The minimum Gasteiger partial charge on any atom is -0.465 e. The Morgan fingerprint density at radius 3 is 2.44 bits per heavy atom. The fraction of sp³-hybridized carbons (Fsp3) is 0.921.